The summed E-state index contributed by atoms with van der Waals surface area (Å²) in [5.41, 5.74) is 2.17. The number of aromatic nitrogens is 2. The number of hydrogen-bond acceptors (Lipinski definition) is 5. The number of imidazole rings is 1. The largest absolute Gasteiger partial charge is 0.379 e. The number of thioether (sulfide) groups is 1. The molecule has 152 valence electrons. The predicted octanol–water partition coefficient (Wildman–Crippen LogP) is 3.24. The Bertz CT molecular complexity index is 1050. The number of nitrogens with zero attached hydrogens (tertiary/aromatic N) is 3. The van der Waals surface area contributed by atoms with Crippen molar-refractivity contribution < 1.29 is 13.2 Å². The minimum absolute atomic E-state index is 0.338. The third-order valence-electron chi connectivity index (χ3n) is 4.75. The number of benzene rings is 2. The maximum Gasteiger partial charge on any atom is 0.243 e. The number of morpholine rings is 1. The molecule has 29 heavy (non-hydrogen) atoms. The first kappa shape index (κ1) is 20.2. The average molecular weight is 430 g/mol. The summed E-state index contributed by atoms with van der Waals surface area (Å²) in [7, 11) is -3.48. The summed E-state index contributed by atoms with van der Waals surface area (Å²) in [6.07, 6.45) is 3.76. The van der Waals surface area contributed by atoms with Gasteiger partial charge in [0.25, 0.3) is 0 Å². The van der Waals surface area contributed by atoms with Gasteiger partial charge in [0.15, 0.2) is 5.16 Å². The van der Waals surface area contributed by atoms with E-state index >= 15 is 0 Å². The molecule has 1 aliphatic rings. The maximum absolute atomic E-state index is 12.9. The van der Waals surface area contributed by atoms with Crippen LogP contribution in [-0.2, 0) is 27.1 Å². The molecule has 0 spiro atoms. The molecule has 1 fully saturated rings. The summed E-state index contributed by atoms with van der Waals surface area (Å²) in [4.78, 5) is 4.80. The van der Waals surface area contributed by atoms with Crippen LogP contribution in [0.25, 0.3) is 0 Å². The van der Waals surface area contributed by atoms with Crippen molar-refractivity contribution in [2.75, 3.05) is 26.3 Å². The zero-order valence-electron chi connectivity index (χ0n) is 16.0. The minimum Gasteiger partial charge on any atom is -0.379 e. The van der Waals surface area contributed by atoms with Gasteiger partial charge >= 0.3 is 0 Å². The Balaban J connectivity index is 1.45. The quantitative estimate of drug-likeness (QED) is 0.540. The van der Waals surface area contributed by atoms with E-state index in [9.17, 15) is 8.42 Å². The Labute approximate surface area is 175 Å². The van der Waals surface area contributed by atoms with E-state index in [1.54, 1.807) is 36.2 Å². The normalized spacial score (nSPS) is 15.4. The molecule has 0 N–H and O–H groups in total. The first-order chi connectivity index (χ1) is 14.1. The van der Waals surface area contributed by atoms with E-state index in [4.69, 9.17) is 4.74 Å². The van der Waals surface area contributed by atoms with Crippen molar-refractivity contribution in [3.8, 4) is 0 Å². The summed E-state index contributed by atoms with van der Waals surface area (Å²) in [6, 6.07) is 17.4. The van der Waals surface area contributed by atoms with Crippen LogP contribution in [0.15, 0.2) is 77.0 Å². The second kappa shape index (κ2) is 9.13. The molecule has 0 aliphatic carbocycles. The Morgan fingerprint density at radius 1 is 1.00 bits per heavy atom. The highest BCUT2D eigenvalue weighted by Gasteiger charge is 2.26. The molecule has 3 aromatic rings. The topological polar surface area (TPSA) is 64.4 Å². The number of sulfonamides is 1. The molecule has 2 heterocycles. The lowest BCUT2D eigenvalue weighted by atomic mass is 10.2. The fourth-order valence-electron chi connectivity index (χ4n) is 3.22. The number of ether oxygens (including phenoxy) is 1. The van der Waals surface area contributed by atoms with Crippen molar-refractivity contribution in [3.05, 3.63) is 78.1 Å². The summed E-state index contributed by atoms with van der Waals surface area (Å²) >= 11 is 1.60. The highest BCUT2D eigenvalue weighted by atomic mass is 32.2. The molecule has 1 aliphatic heterocycles. The van der Waals surface area contributed by atoms with E-state index in [2.05, 4.69) is 21.7 Å². The van der Waals surface area contributed by atoms with Gasteiger partial charge in [-0.2, -0.15) is 4.31 Å². The smallest absolute Gasteiger partial charge is 0.243 e. The average Bonchev–Trinajstić information content (AvgIpc) is 3.21. The zero-order chi connectivity index (χ0) is 20.1. The lowest BCUT2D eigenvalue weighted by Crippen LogP contribution is -2.40. The highest BCUT2D eigenvalue weighted by Crippen LogP contribution is 2.25. The predicted molar refractivity (Wildman–Crippen MR) is 113 cm³/mol. The number of rotatable bonds is 7. The van der Waals surface area contributed by atoms with E-state index in [0.29, 0.717) is 37.0 Å². The molecule has 4 rings (SSSR count). The standard InChI is InChI=1S/C21H23N3O3S2/c25-29(26,24-11-13-27-14-12-24)20-8-4-7-19(15-20)17-28-21-22-9-10-23(21)16-18-5-2-1-3-6-18/h1-10,15H,11-14,16-17H2. The van der Waals surface area contributed by atoms with Gasteiger partial charge in [-0.25, -0.2) is 13.4 Å². The van der Waals surface area contributed by atoms with Crippen molar-refractivity contribution in [2.24, 2.45) is 0 Å². The van der Waals surface area contributed by atoms with Gasteiger partial charge in [0.1, 0.15) is 0 Å². The monoisotopic (exact) mass is 429 g/mol. The van der Waals surface area contributed by atoms with Crippen LogP contribution < -0.4 is 0 Å². The van der Waals surface area contributed by atoms with E-state index in [-0.39, 0.29) is 0 Å². The minimum atomic E-state index is -3.48. The number of hydrogen-bond donors (Lipinski definition) is 0. The first-order valence-electron chi connectivity index (χ1n) is 9.47. The van der Waals surface area contributed by atoms with Gasteiger partial charge in [-0.05, 0) is 23.3 Å². The van der Waals surface area contributed by atoms with Gasteiger partial charge in [0, 0.05) is 37.8 Å². The van der Waals surface area contributed by atoms with Crippen molar-refractivity contribution >= 4 is 21.8 Å². The highest BCUT2D eigenvalue weighted by molar-refractivity contribution is 7.98. The van der Waals surface area contributed by atoms with Crippen LogP contribution in [0.3, 0.4) is 0 Å². The molecular formula is C21H23N3O3S2. The molecule has 0 unspecified atom stereocenters. The molecule has 2 aromatic carbocycles. The molecule has 0 bridgehead atoms. The van der Waals surface area contributed by atoms with Gasteiger partial charge < -0.3 is 9.30 Å². The molecular weight excluding hydrogens is 406 g/mol. The van der Waals surface area contributed by atoms with Gasteiger partial charge in [0.2, 0.25) is 10.0 Å². The fourth-order valence-corrected chi connectivity index (χ4v) is 5.60. The second-order valence-corrected chi connectivity index (χ2v) is 9.66. The molecule has 0 amide bonds. The summed E-state index contributed by atoms with van der Waals surface area (Å²) < 4.78 is 34.6. The Kier molecular flexibility index (Phi) is 6.34. The van der Waals surface area contributed by atoms with Crippen LogP contribution in [-0.4, -0.2) is 48.6 Å². The summed E-state index contributed by atoms with van der Waals surface area (Å²) in [5, 5.41) is 0.912. The van der Waals surface area contributed by atoms with Gasteiger partial charge in [-0.15, -0.1) is 0 Å². The molecule has 1 aromatic heterocycles. The summed E-state index contributed by atoms with van der Waals surface area (Å²) in [6.45, 7) is 2.45. The second-order valence-electron chi connectivity index (χ2n) is 6.78. The van der Waals surface area contributed by atoms with Gasteiger partial charge in [-0.1, -0.05) is 54.2 Å². The SMILES string of the molecule is O=S(=O)(c1cccc(CSc2nccn2Cc2ccccc2)c1)N1CCOCC1. The van der Waals surface area contributed by atoms with Crippen LogP contribution in [0, 0.1) is 0 Å². The Morgan fingerprint density at radius 2 is 1.76 bits per heavy atom. The van der Waals surface area contributed by atoms with Crippen molar-refractivity contribution in [1.29, 1.82) is 0 Å². The van der Waals surface area contributed by atoms with Gasteiger partial charge in [0.05, 0.1) is 18.1 Å². The van der Waals surface area contributed by atoms with E-state index in [0.717, 1.165) is 17.3 Å². The van der Waals surface area contributed by atoms with Crippen molar-refractivity contribution in [1.82, 2.24) is 13.9 Å². The Morgan fingerprint density at radius 3 is 2.55 bits per heavy atom. The Hall–Kier alpha value is -2.13. The third kappa shape index (κ3) is 4.90. The van der Waals surface area contributed by atoms with E-state index in [1.165, 1.54) is 9.87 Å². The van der Waals surface area contributed by atoms with E-state index < -0.39 is 10.0 Å². The van der Waals surface area contributed by atoms with Crippen LogP contribution in [0.5, 0.6) is 0 Å². The molecule has 6 nitrogen and oxygen atoms in total. The van der Waals surface area contributed by atoms with E-state index in [1.807, 2.05) is 30.5 Å². The van der Waals surface area contributed by atoms with Crippen LogP contribution in [0.2, 0.25) is 0 Å². The molecule has 1 saturated heterocycles. The first-order valence-corrected chi connectivity index (χ1v) is 11.9. The maximum atomic E-state index is 12.9. The summed E-state index contributed by atoms with van der Waals surface area (Å²) in [5.74, 6) is 0.651. The molecule has 0 radical (unpaired) electrons. The van der Waals surface area contributed by atoms with Crippen LogP contribution >= 0.6 is 11.8 Å². The third-order valence-corrected chi connectivity index (χ3v) is 7.72. The van der Waals surface area contributed by atoms with Crippen LogP contribution in [0.1, 0.15) is 11.1 Å². The molecule has 8 heteroatoms. The van der Waals surface area contributed by atoms with Crippen molar-refractivity contribution in [3.63, 3.8) is 0 Å². The van der Waals surface area contributed by atoms with Crippen LogP contribution in [0.4, 0.5) is 0 Å². The van der Waals surface area contributed by atoms with Gasteiger partial charge in [-0.3, -0.25) is 0 Å². The van der Waals surface area contributed by atoms with Crippen molar-refractivity contribution in [2.45, 2.75) is 22.3 Å². The fraction of sp³-hybridized carbons (Fsp3) is 0.286. The molecule has 0 saturated carbocycles. The lowest BCUT2D eigenvalue weighted by molar-refractivity contribution is 0.0730. The molecule has 0 atom stereocenters. The lowest BCUT2D eigenvalue weighted by Gasteiger charge is -2.26. The zero-order valence-corrected chi connectivity index (χ0v) is 17.6.